The number of carbonyl (C=O) groups is 2. The Hall–Kier alpha value is -1.88. The molecular weight excluding hydrogens is 304 g/mol. The number of likely N-dealkylation sites (tertiary alicyclic amines) is 1. The summed E-state index contributed by atoms with van der Waals surface area (Å²) in [5.74, 6) is -0.0830. The van der Waals surface area contributed by atoms with Crippen LogP contribution >= 0.6 is 0 Å². The molecule has 5 heteroatoms. The Balaban J connectivity index is 1.62. The first-order valence-corrected chi connectivity index (χ1v) is 8.77. The van der Waals surface area contributed by atoms with Crippen LogP contribution in [0.2, 0.25) is 0 Å². The molecule has 0 spiro atoms. The van der Waals surface area contributed by atoms with E-state index in [1.54, 1.807) is 17.0 Å². The second-order valence-corrected chi connectivity index (χ2v) is 7.52. The molecular formula is C19H26N2O3. The lowest BCUT2D eigenvalue weighted by Crippen LogP contribution is -2.55. The summed E-state index contributed by atoms with van der Waals surface area (Å²) in [6.07, 6.45) is 4.09. The van der Waals surface area contributed by atoms with Gasteiger partial charge in [0, 0.05) is 25.2 Å². The second kappa shape index (κ2) is 6.55. The lowest BCUT2D eigenvalue weighted by Gasteiger charge is -2.41. The Morgan fingerprint density at radius 1 is 1.17 bits per heavy atom. The van der Waals surface area contributed by atoms with Crippen LogP contribution in [0, 0.1) is 5.41 Å². The van der Waals surface area contributed by atoms with Crippen LogP contribution in [0.15, 0.2) is 30.3 Å². The standard InChI is InChI=1S/C19H26N2O3/c1-18(17(23)20-13-19(24)10-5-11-19)9-6-12-21(14-18)16(22)15-7-3-2-4-8-15/h2-4,7-8,24H,5-6,9-14H2,1H3,(H,20,23). The van der Waals surface area contributed by atoms with E-state index in [9.17, 15) is 14.7 Å². The summed E-state index contributed by atoms with van der Waals surface area (Å²) in [5, 5.41) is 13.1. The van der Waals surface area contributed by atoms with Crippen LogP contribution in [0.25, 0.3) is 0 Å². The summed E-state index contributed by atoms with van der Waals surface area (Å²) in [7, 11) is 0. The van der Waals surface area contributed by atoms with E-state index >= 15 is 0 Å². The molecule has 0 bridgehead atoms. The first-order chi connectivity index (χ1) is 11.4. The minimum Gasteiger partial charge on any atom is -0.388 e. The van der Waals surface area contributed by atoms with E-state index in [-0.39, 0.29) is 11.8 Å². The second-order valence-electron chi connectivity index (χ2n) is 7.52. The van der Waals surface area contributed by atoms with Crippen LogP contribution in [-0.2, 0) is 4.79 Å². The van der Waals surface area contributed by atoms with E-state index < -0.39 is 11.0 Å². The van der Waals surface area contributed by atoms with E-state index in [0.717, 1.165) is 32.1 Å². The number of carbonyl (C=O) groups excluding carboxylic acids is 2. The van der Waals surface area contributed by atoms with E-state index in [4.69, 9.17) is 0 Å². The molecule has 24 heavy (non-hydrogen) atoms. The van der Waals surface area contributed by atoms with Gasteiger partial charge in [-0.3, -0.25) is 9.59 Å². The predicted octanol–water partition coefficient (Wildman–Crippen LogP) is 1.96. The van der Waals surface area contributed by atoms with E-state index in [0.29, 0.717) is 25.2 Å². The summed E-state index contributed by atoms with van der Waals surface area (Å²) in [6, 6.07) is 9.20. The van der Waals surface area contributed by atoms with Crippen molar-refractivity contribution in [2.75, 3.05) is 19.6 Å². The van der Waals surface area contributed by atoms with Crippen molar-refractivity contribution in [2.24, 2.45) is 5.41 Å². The van der Waals surface area contributed by atoms with Gasteiger partial charge in [-0.05, 0) is 51.2 Å². The summed E-state index contributed by atoms with van der Waals surface area (Å²) in [5.41, 5.74) is -0.658. The maximum Gasteiger partial charge on any atom is 0.253 e. The Bertz CT molecular complexity index is 612. The highest BCUT2D eigenvalue weighted by atomic mass is 16.3. The summed E-state index contributed by atoms with van der Waals surface area (Å²) in [4.78, 5) is 27.1. The molecule has 1 aliphatic heterocycles. The van der Waals surface area contributed by atoms with Crippen molar-refractivity contribution < 1.29 is 14.7 Å². The monoisotopic (exact) mass is 330 g/mol. The first-order valence-electron chi connectivity index (χ1n) is 8.77. The van der Waals surface area contributed by atoms with Gasteiger partial charge in [-0.2, -0.15) is 0 Å². The van der Waals surface area contributed by atoms with Crippen LogP contribution in [0.3, 0.4) is 0 Å². The minimum absolute atomic E-state index is 0.0213. The maximum absolute atomic E-state index is 12.7. The molecule has 2 aliphatic rings. The molecule has 5 nitrogen and oxygen atoms in total. The van der Waals surface area contributed by atoms with Gasteiger partial charge in [0.05, 0.1) is 11.0 Å². The molecule has 2 N–H and O–H groups in total. The summed E-state index contributed by atoms with van der Waals surface area (Å²) < 4.78 is 0. The molecule has 1 saturated heterocycles. The Morgan fingerprint density at radius 3 is 2.50 bits per heavy atom. The normalized spacial score (nSPS) is 25.7. The van der Waals surface area contributed by atoms with Gasteiger partial charge in [0.15, 0.2) is 0 Å². The summed E-state index contributed by atoms with van der Waals surface area (Å²) in [6.45, 7) is 3.33. The molecule has 1 heterocycles. The number of rotatable bonds is 4. The zero-order valence-electron chi connectivity index (χ0n) is 14.3. The van der Waals surface area contributed by atoms with Gasteiger partial charge in [-0.15, -0.1) is 0 Å². The van der Waals surface area contributed by atoms with Gasteiger partial charge in [0.25, 0.3) is 5.91 Å². The molecule has 3 rings (SSSR count). The van der Waals surface area contributed by atoms with Crippen molar-refractivity contribution >= 4 is 11.8 Å². The lowest BCUT2D eigenvalue weighted by molar-refractivity contribution is -0.135. The molecule has 2 amide bonds. The molecule has 1 unspecified atom stereocenters. The van der Waals surface area contributed by atoms with Crippen molar-refractivity contribution in [2.45, 2.75) is 44.6 Å². The SMILES string of the molecule is CC1(C(=O)NCC2(O)CCC2)CCCN(C(=O)c2ccccc2)C1. The third kappa shape index (κ3) is 3.46. The number of nitrogens with zero attached hydrogens (tertiary/aromatic N) is 1. The molecule has 0 aromatic heterocycles. The first kappa shape index (κ1) is 17.0. The fourth-order valence-electron chi connectivity index (χ4n) is 3.58. The zero-order chi connectivity index (χ0) is 17.2. The Morgan fingerprint density at radius 2 is 1.88 bits per heavy atom. The largest absolute Gasteiger partial charge is 0.388 e. The highest BCUT2D eigenvalue weighted by molar-refractivity contribution is 5.95. The number of amides is 2. The van der Waals surface area contributed by atoms with Gasteiger partial charge in [-0.25, -0.2) is 0 Å². The number of hydrogen-bond acceptors (Lipinski definition) is 3. The van der Waals surface area contributed by atoms with Gasteiger partial charge in [0.2, 0.25) is 5.91 Å². The van der Waals surface area contributed by atoms with Crippen molar-refractivity contribution in [3.8, 4) is 0 Å². The fraction of sp³-hybridized carbons (Fsp3) is 0.579. The number of nitrogens with one attached hydrogen (secondary N) is 1. The fourth-order valence-corrected chi connectivity index (χ4v) is 3.58. The highest BCUT2D eigenvalue weighted by Gasteiger charge is 2.41. The van der Waals surface area contributed by atoms with Gasteiger partial charge < -0.3 is 15.3 Å². The van der Waals surface area contributed by atoms with Crippen molar-refractivity contribution in [3.63, 3.8) is 0 Å². The van der Waals surface area contributed by atoms with Crippen LogP contribution in [0.5, 0.6) is 0 Å². The number of hydrogen-bond donors (Lipinski definition) is 2. The molecule has 1 saturated carbocycles. The van der Waals surface area contributed by atoms with Gasteiger partial charge in [-0.1, -0.05) is 18.2 Å². The molecule has 1 aliphatic carbocycles. The van der Waals surface area contributed by atoms with Gasteiger partial charge >= 0.3 is 0 Å². The van der Waals surface area contributed by atoms with Crippen LogP contribution < -0.4 is 5.32 Å². The van der Waals surface area contributed by atoms with Crippen molar-refractivity contribution in [3.05, 3.63) is 35.9 Å². The van der Waals surface area contributed by atoms with Crippen LogP contribution in [-0.4, -0.2) is 47.1 Å². The molecule has 2 fully saturated rings. The minimum atomic E-state index is -0.722. The topological polar surface area (TPSA) is 69.6 Å². The Kier molecular flexibility index (Phi) is 4.63. The molecule has 1 atom stereocenters. The Labute approximate surface area is 143 Å². The van der Waals surface area contributed by atoms with E-state index in [1.807, 2.05) is 25.1 Å². The van der Waals surface area contributed by atoms with Crippen molar-refractivity contribution in [1.82, 2.24) is 10.2 Å². The molecule has 130 valence electrons. The summed E-state index contributed by atoms with van der Waals surface area (Å²) >= 11 is 0. The maximum atomic E-state index is 12.7. The quantitative estimate of drug-likeness (QED) is 0.887. The molecule has 0 radical (unpaired) electrons. The predicted molar refractivity (Wildman–Crippen MR) is 91.5 cm³/mol. The molecule has 1 aromatic rings. The van der Waals surface area contributed by atoms with Crippen LogP contribution in [0.4, 0.5) is 0 Å². The number of aliphatic hydroxyl groups is 1. The lowest BCUT2D eigenvalue weighted by atomic mass is 9.78. The van der Waals surface area contributed by atoms with Crippen LogP contribution in [0.1, 0.15) is 49.4 Å². The number of piperidine rings is 1. The van der Waals surface area contributed by atoms with E-state index in [2.05, 4.69) is 5.32 Å². The van der Waals surface area contributed by atoms with Gasteiger partial charge in [0.1, 0.15) is 0 Å². The molecule has 1 aromatic carbocycles. The third-order valence-electron chi connectivity index (χ3n) is 5.41. The average Bonchev–Trinajstić information content (AvgIpc) is 2.58. The van der Waals surface area contributed by atoms with Crippen molar-refractivity contribution in [1.29, 1.82) is 0 Å². The van der Waals surface area contributed by atoms with E-state index in [1.165, 1.54) is 0 Å². The smallest absolute Gasteiger partial charge is 0.253 e. The number of benzene rings is 1. The average molecular weight is 330 g/mol. The third-order valence-corrected chi connectivity index (χ3v) is 5.41. The highest BCUT2D eigenvalue weighted by Crippen LogP contribution is 2.33. The zero-order valence-corrected chi connectivity index (χ0v) is 14.3.